The number of H-pyrrole nitrogens is 1. The van der Waals surface area contributed by atoms with Crippen LogP contribution < -0.4 is 5.32 Å². The summed E-state index contributed by atoms with van der Waals surface area (Å²) >= 11 is 0. The van der Waals surface area contributed by atoms with Crippen LogP contribution in [0.1, 0.15) is 23.2 Å². The van der Waals surface area contributed by atoms with Crippen LogP contribution in [0.25, 0.3) is 11.0 Å². The second-order valence-electron chi connectivity index (χ2n) is 5.25. The second kappa shape index (κ2) is 6.15. The Morgan fingerprint density at radius 1 is 1.30 bits per heavy atom. The van der Waals surface area contributed by atoms with Gasteiger partial charge in [0.1, 0.15) is 0 Å². The minimum Gasteiger partial charge on any atom is -0.345 e. The highest BCUT2D eigenvalue weighted by Gasteiger charge is 2.11. The Balaban J connectivity index is 1.53. The quantitative estimate of drug-likeness (QED) is 0.808. The van der Waals surface area contributed by atoms with Gasteiger partial charge in [0, 0.05) is 38.2 Å². The van der Waals surface area contributed by atoms with E-state index in [0.29, 0.717) is 6.42 Å². The second-order valence-corrected chi connectivity index (χ2v) is 5.25. The van der Waals surface area contributed by atoms with Crippen LogP contribution in [0, 0.1) is 0 Å². The number of hydrogen-bond donors (Lipinski definition) is 2. The predicted molar refractivity (Wildman–Crippen MR) is 79.0 cm³/mol. The van der Waals surface area contributed by atoms with Crippen molar-refractivity contribution < 1.29 is 4.79 Å². The van der Waals surface area contributed by atoms with E-state index in [1.54, 1.807) is 6.33 Å². The largest absolute Gasteiger partial charge is 0.345 e. The molecule has 2 N–H and O–H groups in total. The fraction of sp³-hybridized carbons (Fsp3) is 0.467. The standard InChI is InChI=1S/C15H20N4O/c20-15(2-1-7-19-8-5-16-6-9-19)12-3-4-13-14(10-12)18-11-17-13/h3-4,10-11,16H,1-2,5-9H2,(H,17,18). The van der Waals surface area contributed by atoms with Crippen LogP contribution in [0.5, 0.6) is 0 Å². The molecule has 0 radical (unpaired) electrons. The molecule has 1 aliphatic rings. The summed E-state index contributed by atoms with van der Waals surface area (Å²) in [6, 6.07) is 5.67. The molecule has 0 amide bonds. The molecule has 1 aromatic carbocycles. The van der Waals surface area contributed by atoms with E-state index >= 15 is 0 Å². The highest BCUT2D eigenvalue weighted by molar-refractivity contribution is 5.98. The third-order valence-corrected chi connectivity index (χ3v) is 3.83. The lowest BCUT2D eigenvalue weighted by Crippen LogP contribution is -2.43. The van der Waals surface area contributed by atoms with Gasteiger partial charge in [0.25, 0.3) is 0 Å². The predicted octanol–water partition coefficient (Wildman–Crippen LogP) is 1.43. The first kappa shape index (κ1) is 13.3. The third kappa shape index (κ3) is 3.05. The van der Waals surface area contributed by atoms with Crippen LogP contribution in [-0.4, -0.2) is 53.4 Å². The van der Waals surface area contributed by atoms with Crippen molar-refractivity contribution in [3.05, 3.63) is 30.1 Å². The fourth-order valence-electron chi connectivity index (χ4n) is 2.65. The number of aromatic amines is 1. The zero-order valence-corrected chi connectivity index (χ0v) is 11.6. The topological polar surface area (TPSA) is 61.0 Å². The van der Waals surface area contributed by atoms with E-state index in [1.807, 2.05) is 18.2 Å². The SMILES string of the molecule is O=C(CCCN1CCNCC1)c1ccc2nc[nH]c2c1. The number of benzene rings is 1. The first-order chi connectivity index (χ1) is 9.83. The van der Waals surface area contributed by atoms with E-state index in [1.165, 1.54) is 0 Å². The van der Waals surface area contributed by atoms with E-state index in [0.717, 1.165) is 55.7 Å². The van der Waals surface area contributed by atoms with Crippen LogP contribution in [0.2, 0.25) is 0 Å². The summed E-state index contributed by atoms with van der Waals surface area (Å²) in [6.07, 6.45) is 3.20. The molecule has 2 heterocycles. The number of hydrogen-bond acceptors (Lipinski definition) is 4. The number of carbonyl (C=O) groups is 1. The van der Waals surface area contributed by atoms with Crippen molar-refractivity contribution in [2.24, 2.45) is 0 Å². The normalized spacial score (nSPS) is 16.6. The molecule has 3 rings (SSSR count). The molecule has 5 heteroatoms. The Labute approximate surface area is 118 Å². The van der Waals surface area contributed by atoms with Crippen LogP contribution >= 0.6 is 0 Å². The van der Waals surface area contributed by atoms with Crippen molar-refractivity contribution in [3.63, 3.8) is 0 Å². The molecule has 0 aliphatic carbocycles. The third-order valence-electron chi connectivity index (χ3n) is 3.83. The van der Waals surface area contributed by atoms with Crippen molar-refractivity contribution in [1.29, 1.82) is 0 Å². The highest BCUT2D eigenvalue weighted by atomic mass is 16.1. The molecular weight excluding hydrogens is 252 g/mol. The lowest BCUT2D eigenvalue weighted by Gasteiger charge is -2.26. The summed E-state index contributed by atoms with van der Waals surface area (Å²) in [6.45, 7) is 5.32. The molecule has 5 nitrogen and oxygen atoms in total. The monoisotopic (exact) mass is 272 g/mol. The van der Waals surface area contributed by atoms with Gasteiger partial charge in [0.15, 0.2) is 5.78 Å². The van der Waals surface area contributed by atoms with Gasteiger partial charge < -0.3 is 15.2 Å². The number of nitrogens with zero attached hydrogens (tertiary/aromatic N) is 2. The summed E-state index contributed by atoms with van der Waals surface area (Å²) in [5, 5.41) is 3.34. The molecule has 0 bridgehead atoms. The molecule has 0 spiro atoms. The number of aromatic nitrogens is 2. The Bertz CT molecular complexity index is 586. The highest BCUT2D eigenvalue weighted by Crippen LogP contribution is 2.14. The Kier molecular flexibility index (Phi) is 4.08. The summed E-state index contributed by atoms with van der Waals surface area (Å²) < 4.78 is 0. The van der Waals surface area contributed by atoms with E-state index in [-0.39, 0.29) is 5.78 Å². The average molecular weight is 272 g/mol. The molecule has 1 fully saturated rings. The maximum Gasteiger partial charge on any atom is 0.163 e. The zero-order chi connectivity index (χ0) is 13.8. The van der Waals surface area contributed by atoms with Crippen LogP contribution in [0.15, 0.2) is 24.5 Å². The van der Waals surface area contributed by atoms with Crippen LogP contribution in [-0.2, 0) is 0 Å². The Morgan fingerprint density at radius 2 is 2.15 bits per heavy atom. The number of nitrogens with one attached hydrogen (secondary N) is 2. The summed E-state index contributed by atoms with van der Waals surface area (Å²) in [7, 11) is 0. The molecule has 106 valence electrons. The number of rotatable bonds is 5. The Hall–Kier alpha value is -1.72. The average Bonchev–Trinajstić information content (AvgIpc) is 2.95. The summed E-state index contributed by atoms with van der Waals surface area (Å²) in [4.78, 5) is 21.8. The van der Waals surface area contributed by atoms with Gasteiger partial charge in [-0.3, -0.25) is 4.79 Å². The van der Waals surface area contributed by atoms with Gasteiger partial charge in [-0.2, -0.15) is 0 Å². The number of fused-ring (bicyclic) bond motifs is 1. The van der Waals surface area contributed by atoms with Gasteiger partial charge in [-0.25, -0.2) is 4.98 Å². The molecule has 0 atom stereocenters. The van der Waals surface area contributed by atoms with Crippen molar-refractivity contribution in [2.75, 3.05) is 32.7 Å². The lowest BCUT2D eigenvalue weighted by atomic mass is 10.1. The number of Topliss-reactive ketones (excluding diaryl/α,β-unsaturated/α-hetero) is 1. The van der Waals surface area contributed by atoms with Crippen LogP contribution in [0.4, 0.5) is 0 Å². The summed E-state index contributed by atoms with van der Waals surface area (Å²) in [5.74, 6) is 0.219. The Morgan fingerprint density at radius 3 is 3.00 bits per heavy atom. The maximum atomic E-state index is 12.2. The molecule has 0 unspecified atom stereocenters. The van der Waals surface area contributed by atoms with Crippen LogP contribution in [0.3, 0.4) is 0 Å². The lowest BCUT2D eigenvalue weighted by molar-refractivity contribution is 0.0974. The van der Waals surface area contributed by atoms with Gasteiger partial charge in [0.05, 0.1) is 17.4 Å². The van der Waals surface area contributed by atoms with Gasteiger partial charge in [-0.15, -0.1) is 0 Å². The number of piperazine rings is 1. The van der Waals surface area contributed by atoms with E-state index in [2.05, 4.69) is 20.2 Å². The van der Waals surface area contributed by atoms with Gasteiger partial charge in [-0.05, 0) is 31.2 Å². The fourth-order valence-corrected chi connectivity index (χ4v) is 2.65. The van der Waals surface area contributed by atoms with Gasteiger partial charge in [0.2, 0.25) is 0 Å². The van der Waals surface area contributed by atoms with Gasteiger partial charge >= 0.3 is 0 Å². The van der Waals surface area contributed by atoms with Gasteiger partial charge in [-0.1, -0.05) is 0 Å². The number of ketones is 1. The number of imidazole rings is 1. The van der Waals surface area contributed by atoms with E-state index in [4.69, 9.17) is 0 Å². The first-order valence-corrected chi connectivity index (χ1v) is 7.22. The van der Waals surface area contributed by atoms with Crippen molar-refractivity contribution in [1.82, 2.24) is 20.2 Å². The van der Waals surface area contributed by atoms with Crippen molar-refractivity contribution >= 4 is 16.8 Å². The zero-order valence-electron chi connectivity index (χ0n) is 11.6. The minimum absolute atomic E-state index is 0.219. The minimum atomic E-state index is 0.219. The van der Waals surface area contributed by atoms with E-state index < -0.39 is 0 Å². The molecule has 0 saturated carbocycles. The molecule has 1 saturated heterocycles. The first-order valence-electron chi connectivity index (χ1n) is 7.22. The maximum absolute atomic E-state index is 12.2. The molecule has 1 aromatic heterocycles. The molecule has 1 aliphatic heterocycles. The summed E-state index contributed by atoms with van der Waals surface area (Å²) in [5.41, 5.74) is 2.61. The molecule has 2 aromatic rings. The smallest absolute Gasteiger partial charge is 0.163 e. The van der Waals surface area contributed by atoms with Crippen molar-refractivity contribution in [3.8, 4) is 0 Å². The van der Waals surface area contributed by atoms with Crippen molar-refractivity contribution in [2.45, 2.75) is 12.8 Å². The molecular formula is C15H20N4O. The number of carbonyl (C=O) groups excluding carboxylic acids is 1. The molecule has 20 heavy (non-hydrogen) atoms. The van der Waals surface area contributed by atoms with E-state index in [9.17, 15) is 4.79 Å².